The Hall–Kier alpha value is -0.730. The van der Waals surface area contributed by atoms with Crippen molar-refractivity contribution < 1.29 is 13.2 Å². The highest BCUT2D eigenvalue weighted by atomic mass is 35.5. The molecule has 0 spiro atoms. The van der Waals surface area contributed by atoms with E-state index in [2.05, 4.69) is 4.72 Å². The average Bonchev–Trinajstić information content (AvgIpc) is 2.46. The number of nitrogens with two attached hydrogens (primary N) is 1. The summed E-state index contributed by atoms with van der Waals surface area (Å²) < 4.78 is 32.7. The highest BCUT2D eigenvalue weighted by Crippen LogP contribution is 2.23. The van der Waals surface area contributed by atoms with Gasteiger partial charge in [-0.15, -0.1) is 0 Å². The van der Waals surface area contributed by atoms with Gasteiger partial charge in [0, 0.05) is 18.7 Å². The summed E-state index contributed by atoms with van der Waals surface area (Å²) in [5.74, 6) is 0. The van der Waals surface area contributed by atoms with Crippen LogP contribution in [0.4, 0.5) is 0 Å². The third kappa shape index (κ3) is 4.37. The Kier molecular flexibility index (Phi) is 5.56. The largest absolute Gasteiger partial charge is 0.389 e. The molecule has 0 amide bonds. The number of hydrogen-bond acceptors (Lipinski definition) is 4. The van der Waals surface area contributed by atoms with Gasteiger partial charge in [0.05, 0.1) is 11.1 Å². The van der Waals surface area contributed by atoms with Gasteiger partial charge in [0.1, 0.15) is 9.88 Å². The second kappa shape index (κ2) is 7.02. The van der Waals surface area contributed by atoms with Crippen molar-refractivity contribution >= 4 is 38.8 Å². The first kappa shape index (κ1) is 16.6. The molecule has 1 aromatic carbocycles. The van der Waals surface area contributed by atoms with Crippen molar-refractivity contribution in [3.8, 4) is 0 Å². The van der Waals surface area contributed by atoms with Crippen molar-refractivity contribution in [3.05, 3.63) is 28.8 Å². The fourth-order valence-corrected chi connectivity index (χ4v) is 3.83. The van der Waals surface area contributed by atoms with Gasteiger partial charge in [0.2, 0.25) is 10.0 Å². The van der Waals surface area contributed by atoms with Crippen LogP contribution in [0, 0.1) is 0 Å². The summed E-state index contributed by atoms with van der Waals surface area (Å²) in [5.41, 5.74) is 5.98. The summed E-state index contributed by atoms with van der Waals surface area (Å²) in [6.07, 6.45) is 2.82. The van der Waals surface area contributed by atoms with Gasteiger partial charge in [-0.05, 0) is 31.4 Å². The van der Waals surface area contributed by atoms with Crippen LogP contribution >= 0.6 is 23.8 Å². The van der Waals surface area contributed by atoms with Gasteiger partial charge < -0.3 is 10.5 Å². The van der Waals surface area contributed by atoms with E-state index in [9.17, 15) is 8.42 Å². The van der Waals surface area contributed by atoms with Crippen molar-refractivity contribution in [2.75, 3.05) is 13.2 Å². The average molecular weight is 349 g/mol. The maximum Gasteiger partial charge on any atom is 0.242 e. The second-order valence-corrected chi connectivity index (χ2v) is 7.43. The van der Waals surface area contributed by atoms with Gasteiger partial charge >= 0.3 is 0 Å². The van der Waals surface area contributed by atoms with Gasteiger partial charge in [0.15, 0.2) is 0 Å². The molecule has 5 nitrogen and oxygen atoms in total. The molecule has 0 aromatic heterocycles. The number of thiocarbonyl (C=S) groups is 1. The Bertz CT molecular complexity index is 628. The van der Waals surface area contributed by atoms with Crippen molar-refractivity contribution in [1.29, 1.82) is 0 Å². The summed E-state index contributed by atoms with van der Waals surface area (Å²) in [7, 11) is -3.72. The first-order valence-electron chi connectivity index (χ1n) is 6.61. The van der Waals surface area contributed by atoms with Crippen LogP contribution in [0.3, 0.4) is 0 Å². The first-order chi connectivity index (χ1) is 9.90. The molecular formula is C13H17ClN2O3S2. The lowest BCUT2D eigenvalue weighted by molar-refractivity contribution is 0.0200. The van der Waals surface area contributed by atoms with Crippen LogP contribution in [0.5, 0.6) is 0 Å². The first-order valence-corrected chi connectivity index (χ1v) is 8.88. The van der Waals surface area contributed by atoms with Gasteiger partial charge in [0.25, 0.3) is 0 Å². The normalized spacial score (nSPS) is 19.4. The van der Waals surface area contributed by atoms with E-state index in [4.69, 9.17) is 34.3 Å². The van der Waals surface area contributed by atoms with E-state index >= 15 is 0 Å². The minimum atomic E-state index is -3.72. The zero-order chi connectivity index (χ0) is 15.5. The predicted octanol–water partition coefficient (Wildman–Crippen LogP) is 1.82. The standard InChI is InChI=1S/C13H17ClN2O3S2/c14-11-5-4-9(13(15)20)7-12(11)21(17,18)16-8-10-3-1-2-6-19-10/h4-5,7,10,16H,1-3,6,8H2,(H2,15,20). The number of sulfonamides is 1. The van der Waals surface area contributed by atoms with Crippen molar-refractivity contribution in [3.63, 3.8) is 0 Å². The Balaban J connectivity index is 2.14. The van der Waals surface area contributed by atoms with Crippen LogP contribution in [0.2, 0.25) is 5.02 Å². The van der Waals surface area contributed by atoms with E-state index in [-0.39, 0.29) is 27.6 Å². The van der Waals surface area contributed by atoms with E-state index < -0.39 is 10.0 Å². The van der Waals surface area contributed by atoms with Crippen LogP contribution in [0.1, 0.15) is 24.8 Å². The molecule has 0 saturated carbocycles. The van der Waals surface area contributed by atoms with Crippen molar-refractivity contribution in [1.82, 2.24) is 4.72 Å². The molecule has 8 heteroatoms. The quantitative estimate of drug-likeness (QED) is 0.793. The van der Waals surface area contributed by atoms with Crippen molar-refractivity contribution in [2.45, 2.75) is 30.3 Å². The highest BCUT2D eigenvalue weighted by molar-refractivity contribution is 7.89. The number of nitrogens with one attached hydrogen (secondary N) is 1. The predicted molar refractivity (Wildman–Crippen MR) is 86.1 cm³/mol. The molecular weight excluding hydrogens is 332 g/mol. The van der Waals surface area contributed by atoms with Crippen LogP contribution in [0.15, 0.2) is 23.1 Å². The van der Waals surface area contributed by atoms with Crippen LogP contribution < -0.4 is 10.5 Å². The summed E-state index contributed by atoms with van der Waals surface area (Å²) in [6.45, 7) is 0.903. The minimum Gasteiger partial charge on any atom is -0.389 e. The fourth-order valence-electron chi connectivity index (χ4n) is 2.11. The zero-order valence-corrected chi connectivity index (χ0v) is 13.7. The molecule has 1 atom stereocenters. The molecule has 0 aliphatic carbocycles. The van der Waals surface area contributed by atoms with Crippen molar-refractivity contribution in [2.24, 2.45) is 5.73 Å². The molecule has 1 saturated heterocycles. The number of ether oxygens (including phenoxy) is 1. The molecule has 0 radical (unpaired) electrons. The maximum absolute atomic E-state index is 12.3. The van der Waals surface area contributed by atoms with Crippen LogP contribution in [0.25, 0.3) is 0 Å². The topological polar surface area (TPSA) is 81.4 Å². The van der Waals surface area contributed by atoms with E-state index in [1.54, 1.807) is 6.07 Å². The molecule has 1 aliphatic heterocycles. The Labute approximate surface area is 134 Å². The Morgan fingerprint density at radius 2 is 2.24 bits per heavy atom. The highest BCUT2D eigenvalue weighted by Gasteiger charge is 2.22. The minimum absolute atomic E-state index is 0.0229. The molecule has 21 heavy (non-hydrogen) atoms. The molecule has 1 fully saturated rings. The maximum atomic E-state index is 12.3. The van der Waals surface area contributed by atoms with E-state index in [0.717, 1.165) is 19.3 Å². The van der Waals surface area contributed by atoms with E-state index in [0.29, 0.717) is 12.2 Å². The molecule has 3 N–H and O–H groups in total. The van der Waals surface area contributed by atoms with Gasteiger partial charge in [-0.2, -0.15) is 0 Å². The number of rotatable bonds is 5. The number of hydrogen-bond donors (Lipinski definition) is 2. The van der Waals surface area contributed by atoms with E-state index in [1.807, 2.05) is 0 Å². The smallest absolute Gasteiger partial charge is 0.242 e. The molecule has 0 bridgehead atoms. The lowest BCUT2D eigenvalue weighted by Crippen LogP contribution is -2.35. The fraction of sp³-hybridized carbons (Fsp3) is 0.462. The Morgan fingerprint density at radius 1 is 1.48 bits per heavy atom. The lowest BCUT2D eigenvalue weighted by Gasteiger charge is -2.22. The van der Waals surface area contributed by atoms with Gasteiger partial charge in [-0.1, -0.05) is 29.9 Å². The molecule has 1 unspecified atom stereocenters. The number of benzene rings is 1. The van der Waals surface area contributed by atoms with Gasteiger partial charge in [-0.3, -0.25) is 0 Å². The monoisotopic (exact) mass is 348 g/mol. The third-order valence-electron chi connectivity index (χ3n) is 3.28. The Morgan fingerprint density at radius 3 is 2.86 bits per heavy atom. The molecule has 1 aromatic rings. The summed E-state index contributed by atoms with van der Waals surface area (Å²) >= 11 is 10.8. The summed E-state index contributed by atoms with van der Waals surface area (Å²) in [4.78, 5) is 0.101. The van der Waals surface area contributed by atoms with Crippen LogP contribution in [-0.4, -0.2) is 32.7 Å². The second-order valence-electron chi connectivity index (χ2n) is 4.85. The molecule has 2 rings (SSSR count). The molecule has 116 valence electrons. The third-order valence-corrected chi connectivity index (χ3v) is 5.42. The van der Waals surface area contributed by atoms with Crippen LogP contribution in [-0.2, 0) is 14.8 Å². The van der Waals surface area contributed by atoms with Gasteiger partial charge in [-0.25, -0.2) is 13.1 Å². The molecule has 1 heterocycles. The zero-order valence-electron chi connectivity index (χ0n) is 11.3. The lowest BCUT2D eigenvalue weighted by atomic mass is 10.1. The number of halogens is 1. The van der Waals surface area contributed by atoms with E-state index in [1.165, 1.54) is 12.1 Å². The SMILES string of the molecule is NC(=S)c1ccc(Cl)c(S(=O)(=O)NCC2CCCCO2)c1. The summed E-state index contributed by atoms with van der Waals surface area (Å²) in [6, 6.07) is 4.45. The molecule has 1 aliphatic rings. The summed E-state index contributed by atoms with van der Waals surface area (Å²) in [5, 5.41) is 0.132.